The number of hydrogen-bond acceptors (Lipinski definition) is 27. The lowest BCUT2D eigenvalue weighted by molar-refractivity contribution is -0.147. The third-order valence-corrected chi connectivity index (χ3v) is 25.0. The number of anilines is 8. The fourth-order valence-corrected chi connectivity index (χ4v) is 17.7. The van der Waals surface area contributed by atoms with Gasteiger partial charge in [-0.25, -0.2) is 34.3 Å². The Morgan fingerprint density at radius 1 is 0.394 bits per heavy atom. The Labute approximate surface area is 750 Å². The summed E-state index contributed by atoms with van der Waals surface area (Å²) >= 11 is 5.28. The summed E-state index contributed by atoms with van der Waals surface area (Å²) in [6, 6.07) is 20.2. The van der Waals surface area contributed by atoms with Gasteiger partial charge in [0.1, 0.15) is 34.5 Å². The molecule has 4 aliphatic heterocycles. The minimum absolute atomic E-state index is 0.217. The van der Waals surface area contributed by atoms with E-state index in [4.69, 9.17) is 49.0 Å². The SMILES string of the molecule is C[C@@H]1CC[C@@H](c2ccc(C(N)=O)s2)NC1.Cc1cc(NC(=O)C(=O)N2C[C@H](C)CC[C@H]2c2ccc(C(N)=O)s2)cnc1N.Cc1cc(NC(=O)C(=O)N2C[C@H](C)CC[C@H]2c2ccc(C(N)=O)s2)cnc1N.Cc1cc(NC(=O)C(=O)N2C[C@H](C)CC[C@H]2c2ccc(C(N)=O)s2)cnc1NC(=O)OC(C)(C)C.Cc1cc(NC(=O)C(=O)O)cnc1NC(=O)OC(C)(C)C. The lowest BCUT2D eigenvalue weighted by Crippen LogP contribution is -2.46. The molecule has 0 radical (unpaired) electrons. The molecule has 0 spiro atoms. The average Bonchev–Trinajstić information content (AvgIpc) is 1.78. The Kier molecular flexibility index (Phi) is 34.8. The summed E-state index contributed by atoms with van der Waals surface area (Å²) < 4.78 is 10.3. The van der Waals surface area contributed by atoms with E-state index in [1.165, 1.54) is 87.5 Å². The molecule has 0 bridgehead atoms. The van der Waals surface area contributed by atoms with Gasteiger partial charge in [-0.1, -0.05) is 27.7 Å². The van der Waals surface area contributed by atoms with Crippen molar-refractivity contribution in [2.75, 3.05) is 69.5 Å². The van der Waals surface area contributed by atoms with Crippen molar-refractivity contribution in [1.82, 2.24) is 40.0 Å². The molecule has 8 aromatic rings. The number of aromatic nitrogens is 4. The number of pyridine rings is 4. The maximum absolute atomic E-state index is 13.1. The Morgan fingerprint density at radius 2 is 0.677 bits per heavy atom. The normalized spacial score (nSPS) is 18.4. The second-order valence-corrected chi connectivity index (χ2v) is 37.8. The molecule has 0 aliphatic carbocycles. The van der Waals surface area contributed by atoms with Gasteiger partial charge in [-0.15, -0.1) is 45.3 Å². The molecule has 680 valence electrons. The van der Waals surface area contributed by atoms with Gasteiger partial charge in [0, 0.05) is 45.2 Å². The van der Waals surface area contributed by atoms with Crippen molar-refractivity contribution in [2.24, 2.45) is 46.6 Å². The fraction of sp³-hybridized carbons (Fsp3) is 0.419. The zero-order valence-electron chi connectivity index (χ0n) is 73.0. The first-order valence-electron chi connectivity index (χ1n) is 40.7. The number of nitrogens with two attached hydrogens (primary N) is 6. The summed E-state index contributed by atoms with van der Waals surface area (Å²) in [6.07, 6.45) is 11.4. The first-order valence-corrected chi connectivity index (χ1v) is 44.0. The Hall–Kier alpha value is -12.9. The summed E-state index contributed by atoms with van der Waals surface area (Å²) in [5.74, 6) is -5.86. The first kappa shape index (κ1) is 99.6. The maximum atomic E-state index is 13.1. The van der Waals surface area contributed by atoms with Crippen molar-refractivity contribution in [1.29, 1.82) is 0 Å². The topological polar surface area (TPSA) is 579 Å². The predicted molar refractivity (Wildman–Crippen MR) is 486 cm³/mol. The van der Waals surface area contributed by atoms with Gasteiger partial charge in [-0.05, 0) is 246 Å². The molecule has 13 amide bonds. The molecule has 0 unspecified atom stereocenters. The van der Waals surface area contributed by atoms with Crippen molar-refractivity contribution in [3.63, 3.8) is 0 Å². The number of carbonyl (C=O) groups excluding carboxylic acids is 13. The molecule has 4 fully saturated rings. The molecule has 41 heteroatoms. The van der Waals surface area contributed by atoms with E-state index in [2.05, 4.69) is 64.1 Å². The van der Waals surface area contributed by atoms with Crippen LogP contribution < -0.4 is 71.6 Å². The zero-order valence-corrected chi connectivity index (χ0v) is 76.3. The minimum Gasteiger partial charge on any atom is -0.474 e. The number of hydrogen-bond donors (Lipinski definition) is 14. The van der Waals surface area contributed by atoms with E-state index in [9.17, 15) is 67.1 Å². The second kappa shape index (κ2) is 44.3. The third-order valence-electron chi connectivity index (χ3n) is 20.1. The number of carboxylic acid groups (broad SMARTS) is 1. The van der Waals surface area contributed by atoms with E-state index in [0.29, 0.717) is 103 Å². The van der Waals surface area contributed by atoms with Gasteiger partial charge in [0.05, 0.1) is 85.2 Å². The molecule has 12 heterocycles. The number of primary amides is 4. The Bertz CT molecular complexity index is 5240. The van der Waals surface area contributed by atoms with Crippen LogP contribution in [0.1, 0.15) is 225 Å². The van der Waals surface area contributed by atoms with Crippen LogP contribution >= 0.6 is 45.3 Å². The number of piperidine rings is 4. The fourth-order valence-electron chi connectivity index (χ4n) is 13.7. The maximum Gasteiger partial charge on any atom is 0.413 e. The summed E-state index contributed by atoms with van der Waals surface area (Å²) in [5.41, 5.74) is 35.3. The van der Waals surface area contributed by atoms with E-state index in [1.54, 1.807) is 139 Å². The molecular weight excluding hydrogens is 1710 g/mol. The highest BCUT2D eigenvalue weighted by molar-refractivity contribution is 7.15. The molecule has 4 aliphatic rings. The van der Waals surface area contributed by atoms with Gasteiger partial charge < -0.3 is 90.3 Å². The van der Waals surface area contributed by atoms with Crippen LogP contribution in [0.5, 0.6) is 0 Å². The number of thiophene rings is 4. The number of aliphatic carboxylic acids is 1. The van der Waals surface area contributed by atoms with E-state index in [-0.39, 0.29) is 59.1 Å². The van der Waals surface area contributed by atoms with Crippen molar-refractivity contribution in [3.8, 4) is 0 Å². The van der Waals surface area contributed by atoms with Gasteiger partial charge in [0.25, 0.3) is 23.6 Å². The molecule has 0 aromatic carbocycles. The van der Waals surface area contributed by atoms with Gasteiger partial charge in [-0.3, -0.25) is 63.4 Å². The van der Waals surface area contributed by atoms with Crippen LogP contribution in [0.3, 0.4) is 0 Å². The predicted octanol–water partition coefficient (Wildman–Crippen LogP) is 11.6. The van der Waals surface area contributed by atoms with Crippen LogP contribution in [0, 0.1) is 51.4 Å². The van der Waals surface area contributed by atoms with Crippen LogP contribution in [-0.4, -0.2) is 160 Å². The standard InChI is InChI=1S/C24H31N5O5S.2C19H23N5O3S.C13H17N3O5.C11H16N2OS/c1-13-6-7-16(17-8-9-18(35-17)19(25)30)29(12-13)22(32)21(31)27-15-10-14(2)20(26-11-15)28-23(33)34-24(3,4)5;2*1-10-3-4-13(14-5-6-15(28-14)17(21)25)24(9-10)19(27)18(26)23-12-7-11(2)16(20)22-8-12;1-7-5-8(15-10(17)11(18)19)6-14-9(7)16-12(20)21-13(2,3)4;1-7-2-3-8(13-6-7)9-4-5-10(15-9)11(12)14/h8-11,13,16H,6-7,12H2,1-5H3,(H2,25,30)(H,27,31)(H,26,28,33);2*5-8,10,13H,3-4,9H2,1-2H3,(H2,20,22)(H2,21,25)(H,23,26);5-6H,1-4H3,(H,15,17)(H,18,19)(H,14,16,20);4-5,7-8,13H,2-3,6H2,1H3,(H2,12,14)/t13-,16+;2*10-,13+;;7-,8+/m111.1/s1. The van der Waals surface area contributed by atoms with E-state index >= 15 is 0 Å². The van der Waals surface area contributed by atoms with Crippen LogP contribution in [0.25, 0.3) is 0 Å². The average molecular weight is 1820 g/mol. The van der Waals surface area contributed by atoms with Crippen LogP contribution in [0.15, 0.2) is 97.6 Å². The minimum atomic E-state index is -1.59. The smallest absolute Gasteiger partial charge is 0.413 e. The molecule has 4 saturated heterocycles. The van der Waals surface area contributed by atoms with Crippen molar-refractivity contribution in [2.45, 2.75) is 184 Å². The van der Waals surface area contributed by atoms with E-state index in [0.717, 1.165) is 65.6 Å². The molecule has 0 saturated carbocycles. The number of rotatable bonds is 14. The van der Waals surface area contributed by atoms with Gasteiger partial charge in [-0.2, -0.15) is 0 Å². The number of likely N-dealkylation sites (tertiary alicyclic amines) is 3. The number of ether oxygens (including phenoxy) is 2. The molecule has 20 N–H and O–H groups in total. The number of nitrogens with one attached hydrogen (secondary N) is 7. The first-order chi connectivity index (χ1) is 59.6. The molecule has 127 heavy (non-hydrogen) atoms. The zero-order chi connectivity index (χ0) is 93.8. The quantitative estimate of drug-likeness (QED) is 0.0450. The lowest BCUT2D eigenvalue weighted by atomic mass is 9.93. The summed E-state index contributed by atoms with van der Waals surface area (Å²) in [5, 5.41) is 27.0. The van der Waals surface area contributed by atoms with E-state index in [1.807, 2.05) is 32.9 Å². The molecule has 37 nitrogen and oxygen atoms in total. The van der Waals surface area contributed by atoms with E-state index < -0.39 is 88.4 Å². The van der Waals surface area contributed by atoms with Crippen molar-refractivity contribution in [3.05, 3.63) is 159 Å². The van der Waals surface area contributed by atoms with Gasteiger partial charge in [0.15, 0.2) is 0 Å². The summed E-state index contributed by atoms with van der Waals surface area (Å²) in [6.45, 7) is 28.2. The third kappa shape index (κ3) is 29.4. The van der Waals surface area contributed by atoms with Crippen LogP contribution in [-0.2, 0) is 47.8 Å². The highest BCUT2D eigenvalue weighted by atomic mass is 32.1. The molecule has 8 atom stereocenters. The monoisotopic (exact) mass is 1820 g/mol. The number of carbonyl (C=O) groups is 14. The summed E-state index contributed by atoms with van der Waals surface area (Å²) in [7, 11) is 0. The molecule has 8 aromatic heterocycles. The Morgan fingerprint density at radius 3 is 0.945 bits per heavy atom. The molecule has 12 rings (SSSR count). The number of amides is 13. The lowest BCUT2D eigenvalue weighted by Gasteiger charge is -2.37. The summed E-state index contributed by atoms with van der Waals surface area (Å²) in [4.78, 5) is 194. The Balaban J connectivity index is 0.000000201. The van der Waals surface area contributed by atoms with Crippen LogP contribution in [0.4, 0.5) is 55.6 Å². The highest BCUT2D eigenvalue weighted by Gasteiger charge is 2.39. The number of aryl methyl sites for hydroxylation is 4. The second-order valence-electron chi connectivity index (χ2n) is 33.4. The number of carboxylic acids is 1. The van der Waals surface area contributed by atoms with Crippen molar-refractivity contribution < 1.29 is 81.7 Å². The van der Waals surface area contributed by atoms with Gasteiger partial charge >= 0.3 is 59.5 Å². The van der Waals surface area contributed by atoms with Gasteiger partial charge in [0.2, 0.25) is 0 Å². The number of nitrogen functional groups attached to an aromatic ring is 2. The number of nitrogens with zero attached hydrogens (tertiary/aromatic N) is 7. The van der Waals surface area contributed by atoms with Crippen molar-refractivity contribution >= 4 is 175 Å². The van der Waals surface area contributed by atoms with Crippen LogP contribution in [0.2, 0.25) is 0 Å². The highest BCUT2D eigenvalue weighted by Crippen LogP contribution is 2.41. The largest absolute Gasteiger partial charge is 0.474 e. The molecular formula is C86H110N20O17S4.